The summed E-state index contributed by atoms with van der Waals surface area (Å²) < 4.78 is 23.9. The molecule has 2 aromatic rings. The Labute approximate surface area is 184 Å². The Bertz CT molecular complexity index is 1010. The highest BCUT2D eigenvalue weighted by atomic mass is 35.5. The van der Waals surface area contributed by atoms with Gasteiger partial charge in [-0.3, -0.25) is 19.4 Å². The molecular weight excluding hydrogens is 425 g/mol. The normalized spacial score (nSPS) is 16.4. The van der Waals surface area contributed by atoms with Gasteiger partial charge >= 0.3 is 0 Å². The van der Waals surface area contributed by atoms with Crippen LogP contribution in [0.2, 0.25) is 5.02 Å². The molecule has 31 heavy (non-hydrogen) atoms. The first-order valence-electron chi connectivity index (χ1n) is 10.0. The quantitative estimate of drug-likeness (QED) is 0.686. The monoisotopic (exact) mass is 447 g/mol. The van der Waals surface area contributed by atoms with E-state index in [1.54, 1.807) is 18.2 Å². The number of carbonyl (C=O) groups excluding carboxylic acids is 2. The van der Waals surface area contributed by atoms with E-state index in [1.807, 2.05) is 0 Å². The van der Waals surface area contributed by atoms with Gasteiger partial charge in [-0.15, -0.1) is 0 Å². The van der Waals surface area contributed by atoms with E-state index >= 15 is 0 Å². The van der Waals surface area contributed by atoms with Crippen LogP contribution in [0.3, 0.4) is 0 Å². The number of anilines is 1. The van der Waals surface area contributed by atoms with Gasteiger partial charge < -0.3 is 14.8 Å². The van der Waals surface area contributed by atoms with Gasteiger partial charge in [-0.2, -0.15) is 0 Å². The summed E-state index contributed by atoms with van der Waals surface area (Å²) in [4.78, 5) is 28.9. The van der Waals surface area contributed by atoms with Crippen molar-refractivity contribution >= 4 is 29.0 Å². The fraction of sp³-hybridized carbons (Fsp3) is 0.364. The highest BCUT2D eigenvalue weighted by molar-refractivity contribution is 6.31. The molecule has 1 fully saturated rings. The molecule has 7 nitrogen and oxygen atoms in total. The Morgan fingerprint density at radius 1 is 1.06 bits per heavy atom. The summed E-state index contributed by atoms with van der Waals surface area (Å²) in [5.74, 6) is 0.298. The summed E-state index contributed by atoms with van der Waals surface area (Å²) in [6.45, 7) is 5.36. The Hall–Kier alpha value is -2.68. The average Bonchev–Trinajstić information content (AvgIpc) is 3.18. The van der Waals surface area contributed by atoms with Crippen molar-refractivity contribution in [1.29, 1.82) is 0 Å². The van der Waals surface area contributed by atoms with Crippen LogP contribution in [-0.2, 0) is 11.3 Å². The number of hydrogen-bond donors (Lipinski definition) is 1. The van der Waals surface area contributed by atoms with Crippen molar-refractivity contribution in [2.24, 2.45) is 0 Å². The van der Waals surface area contributed by atoms with E-state index in [4.69, 9.17) is 21.1 Å². The maximum atomic E-state index is 13.2. The predicted octanol–water partition coefficient (Wildman–Crippen LogP) is 3.17. The Kier molecular flexibility index (Phi) is 6.41. The van der Waals surface area contributed by atoms with Crippen molar-refractivity contribution in [3.05, 3.63) is 52.3 Å². The second-order valence-corrected chi connectivity index (χ2v) is 8.05. The van der Waals surface area contributed by atoms with Crippen LogP contribution in [-0.4, -0.2) is 61.0 Å². The SMILES string of the molecule is CC(=O)c1cc2c(cc1NC(=O)CN1CCN(Cc3ccc(F)cc3Cl)CC1)OCO2. The van der Waals surface area contributed by atoms with Gasteiger partial charge in [0, 0.05) is 49.4 Å². The zero-order valence-corrected chi connectivity index (χ0v) is 17.9. The Morgan fingerprint density at radius 2 is 1.74 bits per heavy atom. The summed E-state index contributed by atoms with van der Waals surface area (Å²) in [5.41, 5.74) is 1.69. The van der Waals surface area contributed by atoms with Crippen molar-refractivity contribution in [2.75, 3.05) is 44.8 Å². The minimum Gasteiger partial charge on any atom is -0.454 e. The van der Waals surface area contributed by atoms with Gasteiger partial charge in [0.15, 0.2) is 17.3 Å². The molecule has 0 radical (unpaired) electrons. The van der Waals surface area contributed by atoms with Crippen LogP contribution < -0.4 is 14.8 Å². The number of carbonyl (C=O) groups is 2. The minimum atomic E-state index is -0.347. The number of fused-ring (bicyclic) bond motifs is 1. The number of benzene rings is 2. The van der Waals surface area contributed by atoms with Gasteiger partial charge in [0.2, 0.25) is 12.7 Å². The lowest BCUT2D eigenvalue weighted by Crippen LogP contribution is -2.48. The van der Waals surface area contributed by atoms with Crippen LogP contribution in [0.25, 0.3) is 0 Å². The molecule has 1 saturated heterocycles. The van der Waals surface area contributed by atoms with Crippen LogP contribution in [0, 0.1) is 5.82 Å². The van der Waals surface area contributed by atoms with E-state index in [-0.39, 0.29) is 30.8 Å². The highest BCUT2D eigenvalue weighted by Crippen LogP contribution is 2.37. The number of nitrogens with one attached hydrogen (secondary N) is 1. The van der Waals surface area contributed by atoms with Crippen molar-refractivity contribution < 1.29 is 23.5 Å². The first-order valence-corrected chi connectivity index (χ1v) is 10.4. The molecule has 2 aliphatic rings. The van der Waals surface area contributed by atoms with Gasteiger partial charge in [-0.25, -0.2) is 4.39 Å². The zero-order valence-electron chi connectivity index (χ0n) is 17.1. The summed E-state index contributed by atoms with van der Waals surface area (Å²) in [7, 11) is 0. The summed E-state index contributed by atoms with van der Waals surface area (Å²) in [6.07, 6.45) is 0. The van der Waals surface area contributed by atoms with E-state index < -0.39 is 0 Å². The summed E-state index contributed by atoms with van der Waals surface area (Å²) in [5, 5.41) is 3.25. The molecular formula is C22H23ClFN3O4. The predicted molar refractivity (Wildman–Crippen MR) is 114 cm³/mol. The highest BCUT2D eigenvalue weighted by Gasteiger charge is 2.23. The van der Waals surface area contributed by atoms with Crippen molar-refractivity contribution in [3.8, 4) is 11.5 Å². The number of ether oxygens (including phenoxy) is 2. The van der Waals surface area contributed by atoms with Gasteiger partial charge in [-0.05, 0) is 30.7 Å². The van der Waals surface area contributed by atoms with Crippen LogP contribution in [0.5, 0.6) is 11.5 Å². The average molecular weight is 448 g/mol. The van der Waals surface area contributed by atoms with Gasteiger partial charge in [0.1, 0.15) is 5.82 Å². The topological polar surface area (TPSA) is 71.1 Å². The van der Waals surface area contributed by atoms with E-state index in [0.29, 0.717) is 47.4 Å². The molecule has 2 heterocycles. The Balaban J connectivity index is 1.31. The molecule has 0 aliphatic carbocycles. The standard InChI is InChI=1S/C22H23ClFN3O4/c1-14(28)17-9-20-21(31-13-30-20)10-19(17)25-22(29)12-27-6-4-26(5-7-27)11-15-2-3-16(24)8-18(15)23/h2-3,8-10H,4-7,11-13H2,1H3,(H,25,29). The molecule has 0 saturated carbocycles. The number of piperazine rings is 1. The van der Waals surface area contributed by atoms with Gasteiger partial charge in [0.25, 0.3) is 0 Å². The van der Waals surface area contributed by atoms with Crippen LogP contribution >= 0.6 is 11.6 Å². The van der Waals surface area contributed by atoms with Crippen molar-refractivity contribution in [3.63, 3.8) is 0 Å². The number of hydrogen-bond acceptors (Lipinski definition) is 6. The maximum absolute atomic E-state index is 13.2. The molecule has 164 valence electrons. The molecule has 1 amide bonds. The third-order valence-corrected chi connectivity index (χ3v) is 5.76. The lowest BCUT2D eigenvalue weighted by Gasteiger charge is -2.34. The second-order valence-electron chi connectivity index (χ2n) is 7.64. The second kappa shape index (κ2) is 9.21. The first-order chi connectivity index (χ1) is 14.9. The molecule has 0 atom stereocenters. The third kappa shape index (κ3) is 5.15. The molecule has 4 rings (SSSR count). The number of halogens is 2. The van der Waals surface area contributed by atoms with Crippen LogP contribution in [0.15, 0.2) is 30.3 Å². The van der Waals surface area contributed by atoms with Crippen molar-refractivity contribution in [2.45, 2.75) is 13.5 Å². The molecule has 1 N–H and O–H groups in total. The minimum absolute atomic E-state index is 0.0947. The molecule has 0 spiro atoms. The lowest BCUT2D eigenvalue weighted by atomic mass is 10.1. The van der Waals surface area contributed by atoms with Gasteiger partial charge in [0.05, 0.1) is 12.2 Å². The fourth-order valence-corrected chi connectivity index (χ4v) is 3.95. The van der Waals surface area contributed by atoms with Crippen LogP contribution in [0.4, 0.5) is 10.1 Å². The number of Topliss-reactive ketones (excluding diaryl/α,β-unsaturated/α-hetero) is 1. The number of nitrogens with zero attached hydrogens (tertiary/aromatic N) is 2. The van der Waals surface area contributed by atoms with Crippen molar-refractivity contribution in [1.82, 2.24) is 9.80 Å². The van der Waals surface area contributed by atoms with E-state index in [1.165, 1.54) is 19.1 Å². The summed E-state index contributed by atoms with van der Waals surface area (Å²) >= 11 is 6.12. The molecule has 9 heteroatoms. The number of ketones is 1. The molecule has 0 unspecified atom stereocenters. The van der Waals surface area contributed by atoms with E-state index in [2.05, 4.69) is 15.1 Å². The smallest absolute Gasteiger partial charge is 0.238 e. The largest absolute Gasteiger partial charge is 0.454 e. The molecule has 0 bridgehead atoms. The van der Waals surface area contributed by atoms with Gasteiger partial charge in [-0.1, -0.05) is 17.7 Å². The fourth-order valence-electron chi connectivity index (χ4n) is 3.73. The zero-order chi connectivity index (χ0) is 22.0. The van der Waals surface area contributed by atoms with E-state index in [9.17, 15) is 14.0 Å². The molecule has 0 aromatic heterocycles. The third-order valence-electron chi connectivity index (χ3n) is 5.41. The maximum Gasteiger partial charge on any atom is 0.238 e. The molecule has 2 aromatic carbocycles. The number of amides is 1. The Morgan fingerprint density at radius 3 is 2.42 bits per heavy atom. The summed E-state index contributed by atoms with van der Waals surface area (Å²) in [6, 6.07) is 7.66. The lowest BCUT2D eigenvalue weighted by molar-refractivity contribution is -0.117. The first kappa shape index (κ1) is 21.5. The van der Waals surface area contributed by atoms with E-state index in [0.717, 1.165) is 18.7 Å². The van der Waals surface area contributed by atoms with Crippen LogP contribution in [0.1, 0.15) is 22.8 Å². The molecule has 2 aliphatic heterocycles. The number of rotatable bonds is 6.